The van der Waals surface area contributed by atoms with E-state index in [1.165, 1.54) is 6.92 Å². The topological polar surface area (TPSA) is 71.1 Å². The zero-order valence-corrected chi connectivity index (χ0v) is 17.7. The van der Waals surface area contributed by atoms with E-state index in [4.69, 9.17) is 17.0 Å². The zero-order chi connectivity index (χ0) is 21.1. The third-order valence-corrected chi connectivity index (χ3v) is 5.43. The first-order chi connectivity index (χ1) is 13.8. The predicted molar refractivity (Wildman–Crippen MR) is 118 cm³/mol. The number of Topliss-reactive ketones (excluding diaryl/α,β-unsaturated/α-hetero) is 1. The van der Waals surface area contributed by atoms with Crippen LogP contribution in [-0.2, 0) is 17.9 Å². The summed E-state index contributed by atoms with van der Waals surface area (Å²) in [4.78, 5) is 25.9. The number of nitrogens with one attached hydrogen (secondary N) is 1. The molecule has 6 nitrogen and oxygen atoms in total. The van der Waals surface area contributed by atoms with Crippen molar-refractivity contribution in [3.05, 3.63) is 58.7 Å². The van der Waals surface area contributed by atoms with Crippen molar-refractivity contribution < 1.29 is 9.59 Å². The van der Waals surface area contributed by atoms with Crippen LogP contribution in [0.3, 0.4) is 0 Å². The molecule has 1 aromatic heterocycles. The molecule has 3 aromatic rings. The molecule has 0 saturated heterocycles. The third kappa shape index (κ3) is 4.45. The average Bonchev–Trinajstić information content (AvgIpc) is 2.95. The van der Waals surface area contributed by atoms with Crippen LogP contribution in [0.5, 0.6) is 0 Å². The first-order valence-corrected chi connectivity index (χ1v) is 9.91. The molecule has 8 heteroatoms. The van der Waals surface area contributed by atoms with E-state index in [9.17, 15) is 9.59 Å². The Labute approximate surface area is 175 Å². The van der Waals surface area contributed by atoms with Gasteiger partial charge in [0, 0.05) is 32.6 Å². The van der Waals surface area contributed by atoms with Gasteiger partial charge in [-0.15, -0.1) is 0 Å². The summed E-state index contributed by atoms with van der Waals surface area (Å²) in [6.07, 6.45) is 0.683. The van der Waals surface area contributed by atoms with Crippen molar-refractivity contribution in [2.24, 2.45) is 0 Å². The van der Waals surface area contributed by atoms with E-state index >= 15 is 0 Å². The molecule has 3 rings (SSSR count). The van der Waals surface area contributed by atoms with Crippen LogP contribution < -0.4 is 11.1 Å². The fourth-order valence-electron chi connectivity index (χ4n) is 3.33. The molecule has 0 bridgehead atoms. The lowest BCUT2D eigenvalue weighted by Gasteiger charge is -2.14. The summed E-state index contributed by atoms with van der Waals surface area (Å²) in [5.41, 5.74) is 3.42. The van der Waals surface area contributed by atoms with Crippen LogP contribution in [0.25, 0.3) is 11.0 Å². The van der Waals surface area contributed by atoms with Gasteiger partial charge in [0.2, 0.25) is 11.5 Å². The number of aromatic nitrogens is 2. The zero-order valence-electron chi connectivity index (χ0n) is 16.9. The van der Waals surface area contributed by atoms with E-state index in [2.05, 4.69) is 0 Å². The standard InChI is InChI=1S/C21H24BClN4O2/c1-14(28)25(2)11-4-12-26-20-17(23)5-3-6-18(20)27(21(26)24)13-19(29)15-7-9-16(22)10-8-15/h3,5-10,24H,4,11-13,22H2,1-2H3. The number of amides is 1. The number of carbonyl (C=O) groups excluding carboxylic acids is 2. The normalized spacial score (nSPS) is 11.0. The van der Waals surface area contributed by atoms with Gasteiger partial charge in [0.05, 0.1) is 22.6 Å². The number of rotatable bonds is 7. The molecule has 0 saturated carbocycles. The fraction of sp³-hybridized carbons (Fsp3) is 0.286. The second kappa shape index (κ2) is 8.70. The smallest absolute Gasteiger partial charge is 0.219 e. The second-order valence-corrected chi connectivity index (χ2v) is 7.66. The third-order valence-electron chi connectivity index (χ3n) is 5.13. The van der Waals surface area contributed by atoms with Gasteiger partial charge in [0.25, 0.3) is 0 Å². The number of benzene rings is 2. The van der Waals surface area contributed by atoms with Gasteiger partial charge in [-0.25, -0.2) is 0 Å². The van der Waals surface area contributed by atoms with E-state index < -0.39 is 0 Å². The van der Waals surface area contributed by atoms with E-state index in [0.717, 1.165) is 16.5 Å². The summed E-state index contributed by atoms with van der Waals surface area (Å²) < 4.78 is 3.51. The summed E-state index contributed by atoms with van der Waals surface area (Å²) in [6.45, 7) is 2.71. The maximum atomic E-state index is 12.8. The molecule has 1 N–H and O–H groups in total. The Kier molecular flexibility index (Phi) is 6.28. The molecule has 0 radical (unpaired) electrons. The van der Waals surface area contributed by atoms with Crippen LogP contribution in [0.4, 0.5) is 0 Å². The van der Waals surface area contributed by atoms with Crippen LogP contribution >= 0.6 is 11.6 Å². The molecule has 0 fully saturated rings. The molecule has 0 atom stereocenters. The van der Waals surface area contributed by atoms with Crippen molar-refractivity contribution in [2.45, 2.75) is 26.4 Å². The Bertz CT molecular complexity index is 1120. The number of para-hydroxylation sites is 1. The van der Waals surface area contributed by atoms with Gasteiger partial charge in [-0.3, -0.25) is 15.0 Å². The van der Waals surface area contributed by atoms with E-state index in [0.29, 0.717) is 30.1 Å². The van der Waals surface area contributed by atoms with Crippen LogP contribution in [-0.4, -0.2) is 47.2 Å². The highest BCUT2D eigenvalue weighted by molar-refractivity contribution is 6.35. The van der Waals surface area contributed by atoms with Gasteiger partial charge >= 0.3 is 0 Å². The minimum absolute atomic E-state index is 0.00486. The molecule has 0 spiro atoms. The maximum Gasteiger partial charge on any atom is 0.219 e. The van der Waals surface area contributed by atoms with Crippen molar-refractivity contribution in [1.82, 2.24) is 14.0 Å². The van der Waals surface area contributed by atoms with Gasteiger partial charge in [0.15, 0.2) is 5.78 Å². The summed E-state index contributed by atoms with van der Waals surface area (Å²) in [7, 11) is 3.73. The molecule has 2 aromatic carbocycles. The Balaban J connectivity index is 1.93. The predicted octanol–water partition coefficient (Wildman–Crippen LogP) is 1.59. The number of fused-ring (bicyclic) bond motifs is 1. The van der Waals surface area contributed by atoms with Crippen LogP contribution in [0.2, 0.25) is 5.02 Å². The Morgan fingerprint density at radius 2 is 1.83 bits per heavy atom. The number of aryl methyl sites for hydroxylation is 1. The van der Waals surface area contributed by atoms with Crippen LogP contribution in [0.1, 0.15) is 23.7 Å². The number of halogens is 1. The van der Waals surface area contributed by atoms with Gasteiger partial charge in [-0.1, -0.05) is 47.4 Å². The van der Waals surface area contributed by atoms with Crippen molar-refractivity contribution in [2.75, 3.05) is 13.6 Å². The molecular formula is C21H24BClN4O2. The lowest BCUT2D eigenvalue weighted by atomic mass is 9.94. The largest absolute Gasteiger partial charge is 0.346 e. The number of carbonyl (C=O) groups is 2. The number of hydrogen-bond donors (Lipinski definition) is 1. The van der Waals surface area contributed by atoms with Gasteiger partial charge in [-0.05, 0) is 18.6 Å². The summed E-state index contributed by atoms with van der Waals surface area (Å²) in [6, 6.07) is 12.9. The van der Waals surface area contributed by atoms with E-state index in [1.54, 1.807) is 22.6 Å². The van der Waals surface area contributed by atoms with E-state index in [-0.39, 0.29) is 23.9 Å². The molecule has 1 amide bonds. The Hall–Kier alpha value is -2.80. The molecule has 0 aliphatic heterocycles. The van der Waals surface area contributed by atoms with Gasteiger partial charge < -0.3 is 14.0 Å². The highest BCUT2D eigenvalue weighted by Gasteiger charge is 2.17. The minimum atomic E-state index is -0.0566. The summed E-state index contributed by atoms with van der Waals surface area (Å²) >= 11 is 6.44. The highest BCUT2D eigenvalue weighted by atomic mass is 35.5. The molecule has 29 heavy (non-hydrogen) atoms. The van der Waals surface area contributed by atoms with Gasteiger partial charge in [-0.2, -0.15) is 0 Å². The molecule has 1 heterocycles. The number of imidazole rings is 1. The SMILES string of the molecule is Bc1ccc(C(=O)Cn2c(=N)n(CCCN(C)C(C)=O)c3c(Cl)cccc32)cc1. The first kappa shape index (κ1) is 20.9. The molecular weight excluding hydrogens is 387 g/mol. The van der Waals surface area contributed by atoms with Crippen LogP contribution in [0, 0.1) is 5.41 Å². The summed E-state index contributed by atoms with van der Waals surface area (Å²) in [5, 5.41) is 9.21. The van der Waals surface area contributed by atoms with Crippen molar-refractivity contribution in [3.8, 4) is 0 Å². The van der Waals surface area contributed by atoms with Crippen molar-refractivity contribution >= 4 is 47.6 Å². The first-order valence-electron chi connectivity index (χ1n) is 9.53. The van der Waals surface area contributed by atoms with Gasteiger partial charge in [0.1, 0.15) is 7.85 Å². The van der Waals surface area contributed by atoms with Crippen molar-refractivity contribution in [1.29, 1.82) is 5.41 Å². The molecule has 0 unspecified atom stereocenters. The Morgan fingerprint density at radius 1 is 1.14 bits per heavy atom. The average molecular weight is 411 g/mol. The van der Waals surface area contributed by atoms with E-state index in [1.807, 2.05) is 48.8 Å². The maximum absolute atomic E-state index is 12.8. The molecule has 0 aliphatic rings. The summed E-state index contributed by atoms with van der Waals surface area (Å²) in [5.74, 6) is -0.0518. The van der Waals surface area contributed by atoms with Crippen molar-refractivity contribution in [3.63, 3.8) is 0 Å². The number of ketones is 1. The molecule has 150 valence electrons. The monoisotopic (exact) mass is 410 g/mol. The quantitative estimate of drug-likeness (QED) is 0.474. The minimum Gasteiger partial charge on any atom is -0.346 e. The highest BCUT2D eigenvalue weighted by Crippen LogP contribution is 2.23. The fourth-order valence-corrected chi connectivity index (χ4v) is 3.60. The lowest BCUT2D eigenvalue weighted by molar-refractivity contribution is -0.127. The second-order valence-electron chi connectivity index (χ2n) is 7.25. The Morgan fingerprint density at radius 3 is 2.48 bits per heavy atom. The molecule has 0 aliphatic carbocycles. The van der Waals surface area contributed by atoms with Crippen LogP contribution in [0.15, 0.2) is 42.5 Å². The lowest BCUT2D eigenvalue weighted by Crippen LogP contribution is -2.29. The number of hydrogen-bond acceptors (Lipinski definition) is 3. The number of nitrogens with zero attached hydrogens (tertiary/aromatic N) is 3.